The molecule has 1 aromatic carbocycles. The molecule has 112 valence electrons. The molecule has 2 aromatic rings. The van der Waals surface area contributed by atoms with Crippen molar-refractivity contribution >= 4 is 11.6 Å². The highest BCUT2D eigenvalue weighted by Gasteiger charge is 2.13. The number of ether oxygens (including phenoxy) is 1. The fraction of sp³-hybridized carbons (Fsp3) is 0.375. The maximum Gasteiger partial charge on any atom is 0.226 e. The van der Waals surface area contributed by atoms with Gasteiger partial charge in [0.2, 0.25) is 5.91 Å². The molecule has 0 radical (unpaired) electrons. The van der Waals surface area contributed by atoms with Crippen LogP contribution in [-0.4, -0.2) is 22.8 Å². The predicted molar refractivity (Wildman–Crippen MR) is 82.7 cm³/mol. The van der Waals surface area contributed by atoms with Crippen LogP contribution < -0.4 is 10.1 Å². The Morgan fingerprint density at radius 2 is 2.14 bits per heavy atom. The third-order valence-corrected chi connectivity index (χ3v) is 3.30. The number of methoxy groups -OCH3 is 1. The van der Waals surface area contributed by atoms with Crippen molar-refractivity contribution in [2.45, 2.75) is 33.2 Å². The summed E-state index contributed by atoms with van der Waals surface area (Å²) >= 11 is 0. The van der Waals surface area contributed by atoms with E-state index in [4.69, 9.17) is 4.74 Å². The van der Waals surface area contributed by atoms with Gasteiger partial charge < -0.3 is 10.1 Å². The number of rotatable bonds is 5. The number of nitrogens with one attached hydrogen (secondary N) is 1. The summed E-state index contributed by atoms with van der Waals surface area (Å²) in [5, 5.41) is 7.24. The fourth-order valence-corrected chi connectivity index (χ4v) is 2.16. The van der Waals surface area contributed by atoms with E-state index < -0.39 is 0 Å². The van der Waals surface area contributed by atoms with Gasteiger partial charge in [-0.05, 0) is 44.5 Å². The van der Waals surface area contributed by atoms with Crippen LogP contribution in [0.1, 0.15) is 30.6 Å². The van der Waals surface area contributed by atoms with Crippen molar-refractivity contribution in [2.75, 3.05) is 12.4 Å². The maximum absolute atomic E-state index is 12.2. The van der Waals surface area contributed by atoms with E-state index in [9.17, 15) is 4.79 Å². The van der Waals surface area contributed by atoms with Gasteiger partial charge in [0, 0.05) is 12.6 Å². The van der Waals surface area contributed by atoms with Crippen molar-refractivity contribution in [1.29, 1.82) is 0 Å². The third-order valence-electron chi connectivity index (χ3n) is 3.30. The molecule has 0 unspecified atom stereocenters. The molecule has 1 amide bonds. The monoisotopic (exact) mass is 287 g/mol. The number of aryl methyl sites for hydroxylation is 2. The number of carbonyl (C=O) groups is 1. The van der Waals surface area contributed by atoms with Crippen LogP contribution in [-0.2, 0) is 4.79 Å². The molecule has 21 heavy (non-hydrogen) atoms. The van der Waals surface area contributed by atoms with Crippen LogP contribution in [0.4, 0.5) is 5.69 Å². The number of amides is 1. The van der Waals surface area contributed by atoms with Gasteiger partial charge in [0.1, 0.15) is 5.75 Å². The molecule has 0 aliphatic rings. The van der Waals surface area contributed by atoms with E-state index in [0.717, 1.165) is 11.3 Å². The van der Waals surface area contributed by atoms with Gasteiger partial charge in [-0.1, -0.05) is 6.07 Å². The van der Waals surface area contributed by atoms with E-state index in [1.54, 1.807) is 7.11 Å². The summed E-state index contributed by atoms with van der Waals surface area (Å²) in [4.78, 5) is 12.2. The molecular formula is C16H21N3O2. The van der Waals surface area contributed by atoms with Crippen LogP contribution in [0.15, 0.2) is 30.5 Å². The third kappa shape index (κ3) is 3.84. The Balaban J connectivity index is 2.03. The van der Waals surface area contributed by atoms with Gasteiger partial charge in [-0.2, -0.15) is 5.10 Å². The number of benzene rings is 1. The van der Waals surface area contributed by atoms with E-state index in [1.165, 1.54) is 0 Å². The van der Waals surface area contributed by atoms with Crippen LogP contribution >= 0.6 is 0 Å². The second-order valence-corrected chi connectivity index (χ2v) is 5.24. The molecule has 1 atom stereocenters. The molecule has 1 heterocycles. The van der Waals surface area contributed by atoms with Gasteiger partial charge in [0.25, 0.3) is 0 Å². The summed E-state index contributed by atoms with van der Waals surface area (Å²) in [6.07, 6.45) is 2.25. The van der Waals surface area contributed by atoms with Crippen LogP contribution in [0.5, 0.6) is 5.75 Å². The fourth-order valence-electron chi connectivity index (χ4n) is 2.16. The standard InChI is InChI=1S/C16H21N3O2/c1-11-5-6-15(21-4)14(9-11)17-16(20)10-13(3)19-8-7-12(2)18-19/h5-9,13H,10H2,1-4H3,(H,17,20)/t13-/m1/s1. The lowest BCUT2D eigenvalue weighted by molar-refractivity contribution is -0.116. The highest BCUT2D eigenvalue weighted by molar-refractivity contribution is 5.92. The summed E-state index contributed by atoms with van der Waals surface area (Å²) < 4.78 is 7.07. The van der Waals surface area contributed by atoms with E-state index in [-0.39, 0.29) is 11.9 Å². The molecule has 0 fully saturated rings. The minimum atomic E-state index is -0.0560. The Bertz CT molecular complexity index is 634. The first-order valence-corrected chi connectivity index (χ1v) is 6.96. The van der Waals surface area contributed by atoms with Crippen molar-refractivity contribution < 1.29 is 9.53 Å². The zero-order valence-electron chi connectivity index (χ0n) is 12.9. The highest BCUT2D eigenvalue weighted by atomic mass is 16.5. The smallest absolute Gasteiger partial charge is 0.226 e. The summed E-state index contributed by atoms with van der Waals surface area (Å²) in [7, 11) is 1.59. The number of aromatic nitrogens is 2. The van der Waals surface area contributed by atoms with E-state index >= 15 is 0 Å². The molecule has 2 rings (SSSR count). The van der Waals surface area contributed by atoms with Crippen molar-refractivity contribution in [3.8, 4) is 5.75 Å². The van der Waals surface area contributed by atoms with Crippen LogP contribution in [0.2, 0.25) is 0 Å². The van der Waals surface area contributed by atoms with Gasteiger partial charge in [0.05, 0.1) is 24.5 Å². The average molecular weight is 287 g/mol. The van der Waals surface area contributed by atoms with Crippen molar-refractivity contribution in [3.63, 3.8) is 0 Å². The molecule has 1 N–H and O–H groups in total. The van der Waals surface area contributed by atoms with Crippen LogP contribution in [0.25, 0.3) is 0 Å². The maximum atomic E-state index is 12.2. The number of hydrogen-bond acceptors (Lipinski definition) is 3. The lowest BCUT2D eigenvalue weighted by Crippen LogP contribution is -2.18. The minimum absolute atomic E-state index is 0.00880. The van der Waals surface area contributed by atoms with Gasteiger partial charge in [-0.3, -0.25) is 9.48 Å². The Morgan fingerprint density at radius 3 is 2.76 bits per heavy atom. The summed E-state index contributed by atoms with van der Waals surface area (Å²) in [5.41, 5.74) is 2.72. The molecule has 0 saturated heterocycles. The lowest BCUT2D eigenvalue weighted by Gasteiger charge is -2.14. The number of nitrogens with zero attached hydrogens (tertiary/aromatic N) is 2. The Labute approximate surface area is 124 Å². The van der Waals surface area contributed by atoms with Crippen molar-refractivity contribution in [2.24, 2.45) is 0 Å². The molecular weight excluding hydrogens is 266 g/mol. The first-order valence-electron chi connectivity index (χ1n) is 6.96. The molecule has 5 heteroatoms. The van der Waals surface area contributed by atoms with Crippen LogP contribution in [0, 0.1) is 13.8 Å². The van der Waals surface area contributed by atoms with E-state index in [2.05, 4.69) is 10.4 Å². The first-order chi connectivity index (χ1) is 9.99. The van der Waals surface area contributed by atoms with Crippen LogP contribution in [0.3, 0.4) is 0 Å². The molecule has 5 nitrogen and oxygen atoms in total. The zero-order valence-corrected chi connectivity index (χ0v) is 12.9. The summed E-state index contributed by atoms with van der Waals surface area (Å²) in [6.45, 7) is 5.88. The number of anilines is 1. The second kappa shape index (κ2) is 6.43. The largest absolute Gasteiger partial charge is 0.495 e. The van der Waals surface area contributed by atoms with Gasteiger partial charge in [0.15, 0.2) is 0 Å². The molecule has 0 bridgehead atoms. The normalized spacial score (nSPS) is 12.0. The van der Waals surface area contributed by atoms with Crippen molar-refractivity contribution in [3.05, 3.63) is 41.7 Å². The molecule has 0 spiro atoms. The highest BCUT2D eigenvalue weighted by Crippen LogP contribution is 2.25. The first kappa shape index (κ1) is 15.1. The quantitative estimate of drug-likeness (QED) is 0.919. The number of hydrogen-bond donors (Lipinski definition) is 1. The molecule has 1 aromatic heterocycles. The zero-order chi connectivity index (χ0) is 15.4. The minimum Gasteiger partial charge on any atom is -0.495 e. The van der Waals surface area contributed by atoms with Crippen molar-refractivity contribution in [1.82, 2.24) is 9.78 Å². The topological polar surface area (TPSA) is 56.1 Å². The predicted octanol–water partition coefficient (Wildman–Crippen LogP) is 3.10. The summed E-state index contributed by atoms with van der Waals surface area (Å²) in [6, 6.07) is 7.64. The van der Waals surface area contributed by atoms with E-state index in [0.29, 0.717) is 17.9 Å². The lowest BCUT2D eigenvalue weighted by atomic mass is 10.2. The number of carbonyl (C=O) groups excluding carboxylic acids is 1. The van der Waals surface area contributed by atoms with Gasteiger partial charge in [-0.15, -0.1) is 0 Å². The Kier molecular flexibility index (Phi) is 4.62. The average Bonchev–Trinajstić information content (AvgIpc) is 2.85. The Morgan fingerprint density at radius 1 is 1.38 bits per heavy atom. The molecule has 0 saturated carbocycles. The molecule has 0 aliphatic heterocycles. The SMILES string of the molecule is COc1ccc(C)cc1NC(=O)C[C@@H](C)n1ccc(C)n1. The Hall–Kier alpha value is -2.30. The van der Waals surface area contributed by atoms with Gasteiger partial charge >= 0.3 is 0 Å². The van der Waals surface area contributed by atoms with Gasteiger partial charge in [-0.25, -0.2) is 0 Å². The molecule has 0 aliphatic carbocycles. The summed E-state index contributed by atoms with van der Waals surface area (Å²) in [5.74, 6) is 0.607. The second-order valence-electron chi connectivity index (χ2n) is 5.24. The van der Waals surface area contributed by atoms with E-state index in [1.807, 2.05) is 55.9 Å².